The number of likely N-dealkylation sites (N-methyl/N-ethyl adjacent to an activating group) is 1. The van der Waals surface area contributed by atoms with Crippen LogP contribution in [0.1, 0.15) is 38.3 Å². The number of carbonyl (C=O) groups excluding carboxylic acids is 1. The number of nitrogens with zero attached hydrogens (tertiary/aromatic N) is 2. The molecule has 104 valence electrons. The number of likely N-dealkylation sites (tertiary alicyclic amines) is 1. The number of hydrogen-bond donors (Lipinski definition) is 0. The first-order valence-corrected chi connectivity index (χ1v) is 6.96. The van der Waals surface area contributed by atoms with Crippen molar-refractivity contribution in [1.82, 2.24) is 9.80 Å². The molecule has 3 nitrogen and oxygen atoms in total. The molecule has 0 radical (unpaired) electrons. The topological polar surface area (TPSA) is 23.6 Å². The third-order valence-corrected chi connectivity index (χ3v) is 4.03. The van der Waals surface area contributed by atoms with Crippen molar-refractivity contribution in [2.24, 2.45) is 0 Å². The first kappa shape index (κ1) is 14.1. The van der Waals surface area contributed by atoms with Gasteiger partial charge in [0.05, 0.1) is 0 Å². The maximum Gasteiger partial charge on any atom is 0.244 e. The van der Waals surface area contributed by atoms with Gasteiger partial charge in [-0.1, -0.05) is 30.3 Å². The van der Waals surface area contributed by atoms with Crippen molar-refractivity contribution in [2.75, 3.05) is 20.6 Å². The SMILES string of the molecule is CN(C)[C@@H](C(=O)N1CCCC1(C)C)c1ccccc1. The lowest BCUT2D eigenvalue weighted by atomic mass is 9.99. The third-order valence-electron chi connectivity index (χ3n) is 4.03. The van der Waals surface area contributed by atoms with Gasteiger partial charge in [0.2, 0.25) is 5.91 Å². The van der Waals surface area contributed by atoms with Crippen LogP contribution in [-0.4, -0.2) is 41.9 Å². The number of carbonyl (C=O) groups is 1. The zero-order valence-corrected chi connectivity index (χ0v) is 12.4. The van der Waals surface area contributed by atoms with Crippen LogP contribution in [0.3, 0.4) is 0 Å². The molecule has 1 saturated heterocycles. The van der Waals surface area contributed by atoms with Gasteiger partial charge in [-0.15, -0.1) is 0 Å². The van der Waals surface area contributed by atoms with Gasteiger partial charge in [0.1, 0.15) is 6.04 Å². The van der Waals surface area contributed by atoms with Gasteiger partial charge in [-0.25, -0.2) is 0 Å². The van der Waals surface area contributed by atoms with Crippen molar-refractivity contribution >= 4 is 5.91 Å². The molecule has 1 atom stereocenters. The van der Waals surface area contributed by atoms with Gasteiger partial charge >= 0.3 is 0 Å². The van der Waals surface area contributed by atoms with E-state index in [1.54, 1.807) is 0 Å². The minimum absolute atomic E-state index is 0.0138. The van der Waals surface area contributed by atoms with E-state index in [4.69, 9.17) is 0 Å². The molecule has 1 fully saturated rings. The van der Waals surface area contributed by atoms with Crippen LogP contribution in [0.2, 0.25) is 0 Å². The van der Waals surface area contributed by atoms with Crippen molar-refractivity contribution in [1.29, 1.82) is 0 Å². The van der Waals surface area contributed by atoms with Crippen molar-refractivity contribution in [3.63, 3.8) is 0 Å². The van der Waals surface area contributed by atoms with Crippen molar-refractivity contribution in [2.45, 2.75) is 38.3 Å². The summed E-state index contributed by atoms with van der Waals surface area (Å²) in [5, 5.41) is 0. The highest BCUT2D eigenvalue weighted by Crippen LogP contribution is 2.32. The molecular weight excluding hydrogens is 236 g/mol. The van der Waals surface area contributed by atoms with Crippen LogP contribution in [0.5, 0.6) is 0 Å². The minimum atomic E-state index is -0.182. The molecule has 0 aliphatic carbocycles. The zero-order valence-electron chi connectivity index (χ0n) is 12.4. The number of rotatable bonds is 3. The molecule has 1 aromatic carbocycles. The van der Waals surface area contributed by atoms with Crippen LogP contribution in [0, 0.1) is 0 Å². The largest absolute Gasteiger partial charge is 0.336 e. The lowest BCUT2D eigenvalue weighted by molar-refractivity contribution is -0.139. The fourth-order valence-electron chi connectivity index (χ4n) is 2.96. The molecule has 0 spiro atoms. The Hall–Kier alpha value is -1.35. The summed E-state index contributed by atoms with van der Waals surface area (Å²) in [4.78, 5) is 16.9. The molecule has 19 heavy (non-hydrogen) atoms. The quantitative estimate of drug-likeness (QED) is 0.834. The molecule has 0 saturated carbocycles. The Balaban J connectivity index is 2.28. The lowest BCUT2D eigenvalue weighted by Gasteiger charge is -2.36. The Morgan fingerprint density at radius 1 is 1.26 bits per heavy atom. The molecule has 0 bridgehead atoms. The Bertz CT molecular complexity index is 439. The highest BCUT2D eigenvalue weighted by molar-refractivity contribution is 5.84. The molecular formula is C16H24N2O. The summed E-state index contributed by atoms with van der Waals surface area (Å²) in [5.74, 6) is 0.221. The highest BCUT2D eigenvalue weighted by atomic mass is 16.2. The molecule has 1 heterocycles. The summed E-state index contributed by atoms with van der Waals surface area (Å²) >= 11 is 0. The average Bonchev–Trinajstić information content (AvgIpc) is 2.70. The maximum absolute atomic E-state index is 12.9. The summed E-state index contributed by atoms with van der Waals surface area (Å²) in [7, 11) is 3.94. The van der Waals surface area contributed by atoms with Gasteiger partial charge in [0.25, 0.3) is 0 Å². The zero-order chi connectivity index (χ0) is 14.0. The monoisotopic (exact) mass is 260 g/mol. The first-order valence-electron chi connectivity index (χ1n) is 6.96. The average molecular weight is 260 g/mol. The smallest absolute Gasteiger partial charge is 0.244 e. The normalized spacial score (nSPS) is 19.7. The van der Waals surface area contributed by atoms with Crippen LogP contribution in [0.15, 0.2) is 30.3 Å². The lowest BCUT2D eigenvalue weighted by Crippen LogP contribution is -2.47. The van der Waals surface area contributed by atoms with Crippen LogP contribution >= 0.6 is 0 Å². The van der Waals surface area contributed by atoms with Crippen molar-refractivity contribution < 1.29 is 4.79 Å². The highest BCUT2D eigenvalue weighted by Gasteiger charge is 2.39. The Labute approximate surface area is 116 Å². The predicted octanol–water partition coefficient (Wildman–Crippen LogP) is 2.69. The second-order valence-corrected chi connectivity index (χ2v) is 6.18. The van der Waals surface area contributed by atoms with Gasteiger partial charge in [-0.05, 0) is 46.3 Å². The Kier molecular flexibility index (Phi) is 3.95. The summed E-state index contributed by atoms with van der Waals surface area (Å²) in [6, 6.07) is 9.86. The molecule has 2 rings (SSSR count). The summed E-state index contributed by atoms with van der Waals surface area (Å²) in [5.41, 5.74) is 1.06. The van der Waals surface area contributed by atoms with E-state index in [0.29, 0.717) is 0 Å². The maximum atomic E-state index is 12.9. The van der Waals surface area contributed by atoms with Crippen LogP contribution in [-0.2, 0) is 4.79 Å². The van der Waals surface area contributed by atoms with E-state index in [1.807, 2.05) is 54.2 Å². The number of amides is 1. The van der Waals surface area contributed by atoms with E-state index in [1.165, 1.54) is 0 Å². The van der Waals surface area contributed by atoms with Crippen LogP contribution in [0.25, 0.3) is 0 Å². The van der Waals surface area contributed by atoms with E-state index < -0.39 is 0 Å². The number of hydrogen-bond acceptors (Lipinski definition) is 2. The van der Waals surface area contributed by atoms with E-state index in [2.05, 4.69) is 13.8 Å². The van der Waals surface area contributed by atoms with E-state index in [9.17, 15) is 4.79 Å². The van der Waals surface area contributed by atoms with Crippen LogP contribution in [0.4, 0.5) is 0 Å². The fourth-order valence-corrected chi connectivity index (χ4v) is 2.96. The summed E-state index contributed by atoms with van der Waals surface area (Å²) in [6.45, 7) is 5.20. The molecule has 0 unspecified atom stereocenters. The van der Waals surface area contributed by atoms with E-state index in [0.717, 1.165) is 24.9 Å². The first-order chi connectivity index (χ1) is 8.93. The fraction of sp³-hybridized carbons (Fsp3) is 0.562. The molecule has 3 heteroatoms. The molecule has 0 aromatic heterocycles. The standard InChI is InChI=1S/C16H24N2O/c1-16(2)11-8-12-18(16)15(19)14(17(3)4)13-9-6-5-7-10-13/h5-7,9-10,14H,8,11-12H2,1-4H3/t14-/m1/s1. The molecule has 1 aliphatic heterocycles. The van der Waals surface area contributed by atoms with Gasteiger partial charge < -0.3 is 4.90 Å². The van der Waals surface area contributed by atoms with Gasteiger partial charge in [0.15, 0.2) is 0 Å². The predicted molar refractivity (Wildman–Crippen MR) is 77.9 cm³/mol. The minimum Gasteiger partial charge on any atom is -0.336 e. The summed E-state index contributed by atoms with van der Waals surface area (Å²) in [6.07, 6.45) is 2.20. The van der Waals surface area contributed by atoms with Crippen molar-refractivity contribution in [3.8, 4) is 0 Å². The second-order valence-electron chi connectivity index (χ2n) is 6.18. The second kappa shape index (κ2) is 5.33. The van der Waals surface area contributed by atoms with E-state index in [-0.39, 0.29) is 17.5 Å². The van der Waals surface area contributed by atoms with Gasteiger partial charge in [-0.3, -0.25) is 9.69 Å². The summed E-state index contributed by atoms with van der Waals surface area (Å²) < 4.78 is 0. The van der Waals surface area contributed by atoms with E-state index >= 15 is 0 Å². The molecule has 1 amide bonds. The Morgan fingerprint density at radius 3 is 2.37 bits per heavy atom. The molecule has 1 aliphatic rings. The van der Waals surface area contributed by atoms with Crippen LogP contribution < -0.4 is 0 Å². The number of benzene rings is 1. The third kappa shape index (κ3) is 2.81. The molecule has 0 N–H and O–H groups in total. The Morgan fingerprint density at radius 2 is 1.89 bits per heavy atom. The molecule has 1 aromatic rings. The van der Waals surface area contributed by atoms with Gasteiger partial charge in [-0.2, -0.15) is 0 Å². The van der Waals surface area contributed by atoms with Gasteiger partial charge in [0, 0.05) is 12.1 Å². The van der Waals surface area contributed by atoms with Crippen molar-refractivity contribution in [3.05, 3.63) is 35.9 Å².